The number of hydrogen-bond donors (Lipinski definition) is 0. The normalized spacial score (nSPS) is 12.5. The maximum Gasteiger partial charge on any atom is 0.0247 e. The smallest absolute Gasteiger partial charge is 0.0247 e. The quantitative estimate of drug-likeness (QED) is 0.529. The number of rotatable bonds is 6. The van der Waals surface area contributed by atoms with Crippen molar-refractivity contribution in [3.63, 3.8) is 0 Å². The van der Waals surface area contributed by atoms with Crippen molar-refractivity contribution in [2.45, 2.75) is 26.3 Å². The maximum atomic E-state index is 3.53. The molecule has 0 rings (SSSR count). The Labute approximate surface area is 89.4 Å². The molecule has 0 heterocycles. The van der Waals surface area contributed by atoms with Crippen LogP contribution in [0, 0.1) is 0 Å². The molecular weight excluding hydrogens is 234 g/mol. The van der Waals surface area contributed by atoms with Gasteiger partial charge in [-0.05, 0) is 26.6 Å². The summed E-state index contributed by atoms with van der Waals surface area (Å²) < 4.78 is 0. The average Bonchev–Trinajstić information content (AvgIpc) is 2.05. The second kappa shape index (κ2) is 6.28. The van der Waals surface area contributed by atoms with E-state index in [2.05, 4.69) is 48.6 Å². The number of halogens is 1. The molecule has 12 heavy (non-hydrogen) atoms. The van der Waals surface area contributed by atoms with Crippen LogP contribution in [0.3, 0.4) is 0 Å². The van der Waals surface area contributed by atoms with Crippen molar-refractivity contribution in [1.29, 1.82) is 0 Å². The average molecular weight is 254 g/mol. The molecule has 0 spiro atoms. The van der Waals surface area contributed by atoms with Gasteiger partial charge in [0.05, 0.1) is 0 Å². The molecule has 0 bridgehead atoms. The summed E-state index contributed by atoms with van der Waals surface area (Å²) in [6.07, 6.45) is 0. The Kier molecular flexibility index (Phi) is 6.69. The first kappa shape index (κ1) is 12.8. The number of thioether (sulfide) groups is 1. The van der Waals surface area contributed by atoms with Gasteiger partial charge in [0.1, 0.15) is 0 Å². The molecule has 0 radical (unpaired) electrons. The second-order valence-corrected chi connectivity index (χ2v) is 5.52. The van der Waals surface area contributed by atoms with Crippen LogP contribution in [0.25, 0.3) is 0 Å². The lowest BCUT2D eigenvalue weighted by molar-refractivity contribution is 0.193. The van der Waals surface area contributed by atoms with E-state index in [1.54, 1.807) is 0 Å². The lowest BCUT2D eigenvalue weighted by Gasteiger charge is -2.33. The third kappa shape index (κ3) is 4.73. The van der Waals surface area contributed by atoms with Crippen molar-refractivity contribution < 1.29 is 0 Å². The Morgan fingerprint density at radius 2 is 2.00 bits per heavy atom. The third-order valence-corrected chi connectivity index (χ3v) is 4.39. The Hall–Kier alpha value is 0.790. The van der Waals surface area contributed by atoms with Crippen molar-refractivity contribution >= 4 is 27.7 Å². The molecule has 0 saturated heterocycles. The summed E-state index contributed by atoms with van der Waals surface area (Å²) in [4.78, 5) is 2.41. The van der Waals surface area contributed by atoms with Crippen molar-refractivity contribution in [1.82, 2.24) is 4.90 Å². The van der Waals surface area contributed by atoms with Gasteiger partial charge in [0.25, 0.3) is 0 Å². The number of alkyl halides is 1. The van der Waals surface area contributed by atoms with Gasteiger partial charge in [-0.2, -0.15) is 11.8 Å². The molecule has 0 atom stereocenters. The van der Waals surface area contributed by atoms with Crippen LogP contribution in [0.4, 0.5) is 0 Å². The van der Waals surface area contributed by atoms with Gasteiger partial charge in [0.2, 0.25) is 0 Å². The standard InChI is InChI=1S/C9H20BrNS/c1-5-12-7-6-11(4)9(2,3)8-10/h5-8H2,1-4H3. The van der Waals surface area contributed by atoms with Gasteiger partial charge in [-0.25, -0.2) is 0 Å². The van der Waals surface area contributed by atoms with Crippen LogP contribution in [0.15, 0.2) is 0 Å². The summed E-state index contributed by atoms with van der Waals surface area (Å²) >= 11 is 5.54. The summed E-state index contributed by atoms with van der Waals surface area (Å²) in [7, 11) is 2.19. The zero-order valence-electron chi connectivity index (χ0n) is 8.56. The minimum absolute atomic E-state index is 0.286. The molecule has 0 N–H and O–H groups in total. The molecule has 0 aliphatic rings. The Morgan fingerprint density at radius 1 is 1.42 bits per heavy atom. The third-order valence-electron chi connectivity index (χ3n) is 2.14. The molecule has 0 fully saturated rings. The monoisotopic (exact) mass is 253 g/mol. The molecule has 0 amide bonds. The van der Waals surface area contributed by atoms with Gasteiger partial charge in [0, 0.05) is 23.2 Å². The largest absolute Gasteiger partial charge is 0.300 e. The Morgan fingerprint density at radius 3 is 2.42 bits per heavy atom. The van der Waals surface area contributed by atoms with Gasteiger partial charge in [0.15, 0.2) is 0 Å². The van der Waals surface area contributed by atoms with Crippen molar-refractivity contribution in [3.05, 3.63) is 0 Å². The summed E-state index contributed by atoms with van der Waals surface area (Å²) in [5, 5.41) is 1.04. The summed E-state index contributed by atoms with van der Waals surface area (Å²) in [6.45, 7) is 7.91. The van der Waals surface area contributed by atoms with Crippen LogP contribution >= 0.6 is 27.7 Å². The van der Waals surface area contributed by atoms with E-state index >= 15 is 0 Å². The van der Waals surface area contributed by atoms with Gasteiger partial charge in [-0.15, -0.1) is 0 Å². The lowest BCUT2D eigenvalue weighted by atomic mass is 10.1. The van der Waals surface area contributed by atoms with Gasteiger partial charge >= 0.3 is 0 Å². The Bertz CT molecular complexity index is 117. The molecule has 0 aromatic carbocycles. The predicted octanol–water partition coefficient (Wildman–Crippen LogP) is 2.84. The van der Waals surface area contributed by atoms with Crippen molar-refractivity contribution in [2.24, 2.45) is 0 Å². The molecule has 0 unspecified atom stereocenters. The van der Waals surface area contributed by atoms with Gasteiger partial charge < -0.3 is 0 Å². The summed E-state index contributed by atoms with van der Waals surface area (Å²) in [5.74, 6) is 2.46. The van der Waals surface area contributed by atoms with E-state index in [0.717, 1.165) is 5.33 Å². The van der Waals surface area contributed by atoms with Crippen LogP contribution in [0.5, 0.6) is 0 Å². The van der Waals surface area contributed by atoms with E-state index in [9.17, 15) is 0 Å². The van der Waals surface area contributed by atoms with Crippen molar-refractivity contribution in [2.75, 3.05) is 30.4 Å². The highest BCUT2D eigenvalue weighted by Gasteiger charge is 2.20. The van der Waals surface area contributed by atoms with Gasteiger partial charge in [-0.3, -0.25) is 4.90 Å². The fourth-order valence-corrected chi connectivity index (χ4v) is 1.87. The highest BCUT2D eigenvalue weighted by atomic mass is 79.9. The van der Waals surface area contributed by atoms with Gasteiger partial charge in [-0.1, -0.05) is 22.9 Å². The van der Waals surface area contributed by atoms with Crippen LogP contribution in [-0.4, -0.2) is 40.9 Å². The zero-order chi connectivity index (χ0) is 9.61. The van der Waals surface area contributed by atoms with E-state index in [4.69, 9.17) is 0 Å². The van der Waals surface area contributed by atoms with Crippen molar-refractivity contribution in [3.8, 4) is 0 Å². The molecule has 3 heteroatoms. The first-order valence-corrected chi connectivity index (χ1v) is 6.67. The highest BCUT2D eigenvalue weighted by molar-refractivity contribution is 9.09. The first-order chi connectivity index (χ1) is 5.54. The first-order valence-electron chi connectivity index (χ1n) is 4.39. The maximum absolute atomic E-state index is 3.53. The minimum Gasteiger partial charge on any atom is -0.300 e. The van der Waals surface area contributed by atoms with Crippen LogP contribution in [-0.2, 0) is 0 Å². The van der Waals surface area contributed by atoms with E-state index in [-0.39, 0.29) is 5.54 Å². The molecule has 0 aromatic heterocycles. The SMILES string of the molecule is CCSCCN(C)C(C)(C)CBr. The highest BCUT2D eigenvalue weighted by Crippen LogP contribution is 2.15. The van der Waals surface area contributed by atoms with E-state index in [1.165, 1.54) is 18.1 Å². The molecule has 0 saturated carbocycles. The van der Waals surface area contributed by atoms with E-state index in [1.807, 2.05) is 11.8 Å². The summed E-state index contributed by atoms with van der Waals surface area (Å²) in [5.41, 5.74) is 0.286. The van der Waals surface area contributed by atoms with Crippen LogP contribution < -0.4 is 0 Å². The fourth-order valence-electron chi connectivity index (χ4n) is 0.751. The molecule has 1 nitrogen and oxygen atoms in total. The molecular formula is C9H20BrNS. The molecule has 0 aliphatic carbocycles. The molecule has 0 aliphatic heterocycles. The van der Waals surface area contributed by atoms with Crippen LogP contribution in [0.1, 0.15) is 20.8 Å². The molecule has 74 valence electrons. The fraction of sp³-hybridized carbons (Fsp3) is 1.00. The number of hydrogen-bond acceptors (Lipinski definition) is 2. The predicted molar refractivity (Wildman–Crippen MR) is 63.5 cm³/mol. The van der Waals surface area contributed by atoms with Crippen LogP contribution in [0.2, 0.25) is 0 Å². The summed E-state index contributed by atoms with van der Waals surface area (Å²) in [6, 6.07) is 0. The Balaban J connectivity index is 3.63. The van der Waals surface area contributed by atoms with E-state index < -0.39 is 0 Å². The second-order valence-electron chi connectivity index (χ2n) is 3.56. The van der Waals surface area contributed by atoms with E-state index in [0.29, 0.717) is 0 Å². The zero-order valence-corrected chi connectivity index (χ0v) is 11.0. The number of nitrogens with zero attached hydrogens (tertiary/aromatic N) is 1. The lowest BCUT2D eigenvalue weighted by Crippen LogP contribution is -2.43. The molecule has 0 aromatic rings. The topological polar surface area (TPSA) is 3.24 Å². The minimum atomic E-state index is 0.286.